The Bertz CT molecular complexity index is 1410. The maximum absolute atomic E-state index is 13.5. The number of benzene rings is 3. The van der Waals surface area contributed by atoms with Gasteiger partial charge in [-0.2, -0.15) is 0 Å². The monoisotopic (exact) mass is 570 g/mol. The molecule has 8 nitrogen and oxygen atoms in total. The summed E-state index contributed by atoms with van der Waals surface area (Å²) < 4.78 is 17.0. The van der Waals surface area contributed by atoms with Crippen LogP contribution in [-0.2, 0) is 20.9 Å². The number of nitrogens with zero attached hydrogens (tertiary/aromatic N) is 2. The molecule has 0 aromatic heterocycles. The van der Waals surface area contributed by atoms with Crippen molar-refractivity contribution >= 4 is 17.4 Å². The van der Waals surface area contributed by atoms with E-state index in [4.69, 9.17) is 14.2 Å². The van der Waals surface area contributed by atoms with Crippen LogP contribution >= 0.6 is 0 Å². The Morgan fingerprint density at radius 2 is 1.64 bits per heavy atom. The number of ether oxygens (including phenoxy) is 3. The average Bonchev–Trinajstić information content (AvgIpc) is 3.26. The molecule has 0 saturated carbocycles. The van der Waals surface area contributed by atoms with Crippen molar-refractivity contribution in [2.24, 2.45) is 0 Å². The highest BCUT2D eigenvalue weighted by Gasteiger charge is 2.46. The summed E-state index contributed by atoms with van der Waals surface area (Å²) in [5.41, 5.74) is 3.11. The van der Waals surface area contributed by atoms with Crippen molar-refractivity contribution in [1.82, 2.24) is 9.80 Å². The molecule has 3 aromatic rings. The fourth-order valence-electron chi connectivity index (χ4n) is 5.54. The van der Waals surface area contributed by atoms with Crippen molar-refractivity contribution in [3.63, 3.8) is 0 Å². The number of aliphatic hydroxyl groups excluding tert-OH is 1. The molecule has 42 heavy (non-hydrogen) atoms. The van der Waals surface area contributed by atoms with Gasteiger partial charge in [-0.1, -0.05) is 42.5 Å². The van der Waals surface area contributed by atoms with Gasteiger partial charge in [0, 0.05) is 31.7 Å². The predicted octanol–water partition coefficient (Wildman–Crippen LogP) is 5.12. The lowest BCUT2D eigenvalue weighted by Gasteiger charge is -2.29. The molecule has 1 N–H and O–H groups in total. The first-order valence-corrected chi connectivity index (χ1v) is 14.5. The number of carbonyl (C=O) groups excluding carboxylic acids is 2. The summed E-state index contributed by atoms with van der Waals surface area (Å²) in [4.78, 5) is 30.8. The fraction of sp³-hybridized carbons (Fsp3) is 0.353. The summed E-state index contributed by atoms with van der Waals surface area (Å²) in [6, 6.07) is 21.9. The van der Waals surface area contributed by atoms with E-state index >= 15 is 0 Å². The summed E-state index contributed by atoms with van der Waals surface area (Å²) in [5, 5.41) is 11.6. The number of hydrogen-bond acceptors (Lipinski definition) is 7. The molecule has 2 saturated heterocycles. The zero-order valence-corrected chi connectivity index (χ0v) is 24.3. The minimum absolute atomic E-state index is 0.0941. The third-order valence-electron chi connectivity index (χ3n) is 7.73. The molecule has 1 atom stereocenters. The van der Waals surface area contributed by atoms with E-state index in [9.17, 15) is 14.7 Å². The van der Waals surface area contributed by atoms with Crippen LogP contribution in [0, 0.1) is 6.92 Å². The largest absolute Gasteiger partial charge is 0.507 e. The van der Waals surface area contributed by atoms with E-state index in [-0.39, 0.29) is 11.3 Å². The molecule has 0 aliphatic carbocycles. The molecule has 220 valence electrons. The van der Waals surface area contributed by atoms with Gasteiger partial charge in [-0.05, 0) is 67.3 Å². The Kier molecular flexibility index (Phi) is 9.56. The number of carbonyl (C=O) groups is 2. The van der Waals surface area contributed by atoms with E-state index in [1.165, 1.54) is 0 Å². The fourth-order valence-corrected chi connectivity index (χ4v) is 5.54. The molecule has 2 heterocycles. The van der Waals surface area contributed by atoms with E-state index in [1.807, 2.05) is 74.5 Å². The predicted molar refractivity (Wildman–Crippen MR) is 160 cm³/mol. The van der Waals surface area contributed by atoms with Gasteiger partial charge >= 0.3 is 0 Å². The third kappa shape index (κ3) is 6.66. The zero-order valence-electron chi connectivity index (χ0n) is 24.3. The van der Waals surface area contributed by atoms with Crippen LogP contribution in [0.5, 0.6) is 11.5 Å². The summed E-state index contributed by atoms with van der Waals surface area (Å²) in [5.74, 6) is -0.110. The maximum Gasteiger partial charge on any atom is 0.295 e. The molecular weight excluding hydrogens is 532 g/mol. The molecule has 0 radical (unpaired) electrons. The number of likely N-dealkylation sites (tertiary alicyclic amines) is 1. The first-order valence-electron chi connectivity index (χ1n) is 14.5. The van der Waals surface area contributed by atoms with Gasteiger partial charge in [0.1, 0.15) is 23.9 Å². The van der Waals surface area contributed by atoms with E-state index in [1.54, 1.807) is 17.0 Å². The summed E-state index contributed by atoms with van der Waals surface area (Å²) in [6.45, 7) is 9.01. The topological polar surface area (TPSA) is 88.5 Å². The van der Waals surface area contributed by atoms with Crippen LogP contribution in [0.15, 0.2) is 78.4 Å². The molecule has 0 spiro atoms. The highest BCUT2D eigenvalue weighted by molar-refractivity contribution is 6.46. The second-order valence-electron chi connectivity index (χ2n) is 10.6. The second-order valence-corrected chi connectivity index (χ2v) is 10.6. The summed E-state index contributed by atoms with van der Waals surface area (Å²) in [6.07, 6.45) is 0.701. The second kappa shape index (κ2) is 13.7. The van der Waals surface area contributed by atoms with Crippen LogP contribution in [0.4, 0.5) is 0 Å². The van der Waals surface area contributed by atoms with E-state index in [0.29, 0.717) is 56.5 Å². The van der Waals surface area contributed by atoms with Gasteiger partial charge in [0.05, 0.1) is 31.4 Å². The lowest BCUT2D eigenvalue weighted by Crippen LogP contribution is -2.38. The van der Waals surface area contributed by atoms with E-state index < -0.39 is 17.7 Å². The summed E-state index contributed by atoms with van der Waals surface area (Å²) in [7, 11) is 0. The molecule has 3 aromatic carbocycles. The maximum atomic E-state index is 13.5. The molecule has 1 amide bonds. The van der Waals surface area contributed by atoms with Crippen molar-refractivity contribution in [2.75, 3.05) is 46.0 Å². The van der Waals surface area contributed by atoms with Crippen molar-refractivity contribution < 1.29 is 28.9 Å². The quantitative estimate of drug-likeness (QED) is 0.195. The Balaban J connectivity index is 1.43. The van der Waals surface area contributed by atoms with Gasteiger partial charge in [-0.25, -0.2) is 0 Å². The van der Waals surface area contributed by atoms with Gasteiger partial charge < -0.3 is 24.2 Å². The van der Waals surface area contributed by atoms with Crippen molar-refractivity contribution in [3.8, 4) is 11.5 Å². The number of morpholine rings is 1. The van der Waals surface area contributed by atoms with Crippen molar-refractivity contribution in [2.45, 2.75) is 32.9 Å². The number of aliphatic hydroxyl groups is 1. The lowest BCUT2D eigenvalue weighted by atomic mass is 9.93. The highest BCUT2D eigenvalue weighted by Crippen LogP contribution is 2.40. The third-order valence-corrected chi connectivity index (χ3v) is 7.73. The first-order chi connectivity index (χ1) is 20.5. The Morgan fingerprint density at radius 3 is 2.33 bits per heavy atom. The minimum Gasteiger partial charge on any atom is -0.507 e. The first kappa shape index (κ1) is 29.4. The molecular formula is C34H38N2O6. The SMILES string of the molecule is CCOc1ccc([C@H]2/C(=C(\O)c3ccc(OCc4ccccc4)cc3C)C(=O)C(=O)N2CCCN2CCOCC2)cc1. The van der Waals surface area contributed by atoms with E-state index in [0.717, 1.165) is 36.3 Å². The number of hydrogen-bond donors (Lipinski definition) is 1. The number of rotatable bonds is 11. The van der Waals surface area contributed by atoms with Crippen LogP contribution in [0.2, 0.25) is 0 Å². The number of ketones is 1. The number of aryl methyl sites for hydroxylation is 1. The molecule has 0 bridgehead atoms. The van der Waals surface area contributed by atoms with Crippen LogP contribution in [-0.4, -0.2) is 72.6 Å². The standard InChI is InChI=1S/C34H38N2O6/c1-3-41-27-12-10-26(11-13-27)31-30(33(38)34(39)36(31)17-7-16-35-18-20-40-21-19-35)32(37)29-15-14-28(22-24(29)2)42-23-25-8-5-4-6-9-25/h4-6,8-15,22,31,37H,3,7,16-21,23H2,1-2H3/b32-30+/t31-/m0/s1. The highest BCUT2D eigenvalue weighted by atomic mass is 16.5. The minimum atomic E-state index is -0.709. The van der Waals surface area contributed by atoms with Crippen LogP contribution < -0.4 is 9.47 Å². The van der Waals surface area contributed by atoms with Crippen LogP contribution in [0.3, 0.4) is 0 Å². The molecule has 5 rings (SSSR count). The molecule has 2 fully saturated rings. The van der Waals surface area contributed by atoms with E-state index in [2.05, 4.69) is 4.90 Å². The Hall–Kier alpha value is -4.14. The average molecular weight is 571 g/mol. The molecule has 8 heteroatoms. The zero-order chi connectivity index (χ0) is 29.5. The van der Waals surface area contributed by atoms with Gasteiger partial charge in [0.2, 0.25) is 0 Å². The molecule has 2 aliphatic rings. The number of amides is 1. The molecule has 2 aliphatic heterocycles. The van der Waals surface area contributed by atoms with Crippen LogP contribution in [0.25, 0.3) is 5.76 Å². The van der Waals surface area contributed by atoms with Crippen molar-refractivity contribution in [1.29, 1.82) is 0 Å². The lowest BCUT2D eigenvalue weighted by molar-refractivity contribution is -0.140. The van der Waals surface area contributed by atoms with Gasteiger partial charge in [0.15, 0.2) is 0 Å². The Morgan fingerprint density at radius 1 is 0.929 bits per heavy atom. The smallest absolute Gasteiger partial charge is 0.295 e. The summed E-state index contributed by atoms with van der Waals surface area (Å²) >= 11 is 0. The normalized spacial score (nSPS) is 18.8. The van der Waals surface area contributed by atoms with Gasteiger partial charge in [-0.15, -0.1) is 0 Å². The Labute approximate surface area is 247 Å². The van der Waals surface area contributed by atoms with Gasteiger partial charge in [0.25, 0.3) is 11.7 Å². The van der Waals surface area contributed by atoms with Crippen LogP contribution in [0.1, 0.15) is 41.6 Å². The number of Topliss-reactive ketones (excluding diaryl/α,β-unsaturated/α-hetero) is 1. The van der Waals surface area contributed by atoms with Crippen molar-refractivity contribution in [3.05, 3.63) is 101 Å². The molecule has 0 unspecified atom stereocenters. The van der Waals surface area contributed by atoms with Gasteiger partial charge in [-0.3, -0.25) is 14.5 Å².